The second-order valence-electron chi connectivity index (χ2n) is 9.22. The molecule has 3 aromatic carbocycles. The van der Waals surface area contributed by atoms with Gasteiger partial charge in [-0.3, -0.25) is 14.7 Å². The number of rotatable bonds is 8. The van der Waals surface area contributed by atoms with Crippen LogP contribution in [0.25, 0.3) is 22.2 Å². The standard InChI is InChI=1S/C28H26F2N4O3/c29-22-7-3-18(4-8-22)27(35)34(17-23-2-1-12-33(23)13-11-31)16-21-14-19(5-9-24(21)30)20-6-10-25-26(15-20)37-28(36)32-25/h3-11,14-15,23,31H,1-2,12-13,16-17H2,(H,32,36)/t23-/m1/s1. The van der Waals surface area contributed by atoms with Gasteiger partial charge in [-0.25, -0.2) is 13.6 Å². The fourth-order valence-electron chi connectivity index (χ4n) is 4.91. The molecule has 2 heterocycles. The van der Waals surface area contributed by atoms with Crippen LogP contribution in [-0.4, -0.2) is 52.6 Å². The maximum atomic E-state index is 15.0. The molecule has 1 aromatic heterocycles. The number of nitrogens with one attached hydrogen (secondary N) is 2. The Labute approximate surface area is 211 Å². The maximum absolute atomic E-state index is 15.0. The van der Waals surface area contributed by atoms with Crippen molar-refractivity contribution in [2.45, 2.75) is 25.4 Å². The highest BCUT2D eigenvalue weighted by Gasteiger charge is 2.28. The number of nitrogens with zero attached hydrogens (tertiary/aromatic N) is 2. The van der Waals surface area contributed by atoms with Crippen molar-refractivity contribution >= 4 is 23.2 Å². The molecule has 0 unspecified atom stereocenters. The Morgan fingerprint density at radius 2 is 1.86 bits per heavy atom. The lowest BCUT2D eigenvalue weighted by Crippen LogP contribution is -2.43. The van der Waals surface area contributed by atoms with Gasteiger partial charge in [0.25, 0.3) is 5.91 Å². The number of carbonyl (C=O) groups is 1. The molecular weight excluding hydrogens is 478 g/mol. The first-order valence-corrected chi connectivity index (χ1v) is 12.1. The Bertz CT molecular complexity index is 1500. The Hall–Kier alpha value is -4.11. The number of hydrogen-bond donors (Lipinski definition) is 2. The van der Waals surface area contributed by atoms with E-state index in [1.165, 1.54) is 36.5 Å². The average molecular weight is 505 g/mol. The van der Waals surface area contributed by atoms with Crippen molar-refractivity contribution in [3.05, 3.63) is 94.0 Å². The number of benzene rings is 3. The maximum Gasteiger partial charge on any atom is 0.417 e. The third-order valence-electron chi connectivity index (χ3n) is 6.80. The SMILES string of the molecule is N=CCN1CCC[C@@H]1CN(Cc1cc(-c2ccc3[nH]c(=O)oc3c2)ccc1F)C(=O)c1ccc(F)cc1. The number of likely N-dealkylation sites (tertiary alicyclic amines) is 1. The van der Waals surface area contributed by atoms with Crippen LogP contribution in [0.3, 0.4) is 0 Å². The first-order valence-electron chi connectivity index (χ1n) is 12.1. The minimum atomic E-state index is -0.550. The average Bonchev–Trinajstić information content (AvgIpc) is 3.49. The fraction of sp³-hybridized carbons (Fsp3) is 0.250. The highest BCUT2D eigenvalue weighted by atomic mass is 19.1. The summed E-state index contributed by atoms with van der Waals surface area (Å²) in [5, 5.41) is 7.49. The smallest absolute Gasteiger partial charge is 0.408 e. The second kappa shape index (κ2) is 10.5. The van der Waals surface area contributed by atoms with Gasteiger partial charge in [-0.15, -0.1) is 0 Å². The molecule has 1 aliphatic rings. The van der Waals surface area contributed by atoms with Crippen molar-refractivity contribution in [2.75, 3.05) is 19.6 Å². The summed E-state index contributed by atoms with van der Waals surface area (Å²) in [4.78, 5) is 31.3. The molecule has 4 aromatic rings. The third kappa shape index (κ3) is 5.36. The van der Waals surface area contributed by atoms with Gasteiger partial charge in [0, 0.05) is 43.0 Å². The van der Waals surface area contributed by atoms with Crippen LogP contribution in [0.5, 0.6) is 0 Å². The number of oxazole rings is 1. The van der Waals surface area contributed by atoms with Gasteiger partial charge in [0.05, 0.1) is 5.52 Å². The molecule has 7 nitrogen and oxygen atoms in total. The zero-order chi connectivity index (χ0) is 25.9. The van der Waals surface area contributed by atoms with Crippen molar-refractivity contribution in [1.29, 1.82) is 5.41 Å². The molecule has 0 aliphatic carbocycles. The quantitative estimate of drug-likeness (QED) is 0.337. The summed E-state index contributed by atoms with van der Waals surface area (Å²) in [7, 11) is 0. The van der Waals surface area contributed by atoms with Crippen LogP contribution < -0.4 is 5.76 Å². The Morgan fingerprint density at radius 1 is 1.11 bits per heavy atom. The Morgan fingerprint density at radius 3 is 2.65 bits per heavy atom. The zero-order valence-corrected chi connectivity index (χ0v) is 20.0. The molecule has 0 bridgehead atoms. The van der Waals surface area contributed by atoms with E-state index in [-0.39, 0.29) is 18.5 Å². The molecular formula is C28H26F2N4O3. The predicted molar refractivity (Wildman–Crippen MR) is 137 cm³/mol. The molecule has 0 spiro atoms. The lowest BCUT2D eigenvalue weighted by atomic mass is 10.0. The minimum Gasteiger partial charge on any atom is -0.408 e. The van der Waals surface area contributed by atoms with Crippen LogP contribution >= 0.6 is 0 Å². The van der Waals surface area contributed by atoms with Gasteiger partial charge in [-0.2, -0.15) is 0 Å². The first kappa shape index (κ1) is 24.6. The second-order valence-corrected chi connectivity index (χ2v) is 9.22. The molecule has 190 valence electrons. The molecule has 0 radical (unpaired) electrons. The van der Waals surface area contributed by atoms with Crippen LogP contribution in [0.2, 0.25) is 0 Å². The van der Waals surface area contributed by atoms with E-state index >= 15 is 4.39 Å². The topological polar surface area (TPSA) is 93.4 Å². The van der Waals surface area contributed by atoms with Crippen LogP contribution in [-0.2, 0) is 6.54 Å². The first-order chi connectivity index (χ1) is 17.9. The van der Waals surface area contributed by atoms with E-state index in [4.69, 9.17) is 9.83 Å². The number of H-pyrrole nitrogens is 1. The summed E-state index contributed by atoms with van der Waals surface area (Å²) in [6.45, 7) is 1.70. The van der Waals surface area contributed by atoms with E-state index in [1.54, 1.807) is 35.2 Å². The summed E-state index contributed by atoms with van der Waals surface area (Å²) in [5.41, 5.74) is 3.07. The number of fused-ring (bicyclic) bond motifs is 1. The van der Waals surface area contributed by atoms with Crippen molar-refractivity contribution < 1.29 is 18.0 Å². The summed E-state index contributed by atoms with van der Waals surface area (Å²) in [5.74, 6) is -1.75. The van der Waals surface area contributed by atoms with Gasteiger partial charge in [0.2, 0.25) is 0 Å². The predicted octanol–water partition coefficient (Wildman–Crippen LogP) is 4.82. The number of amides is 1. The van der Waals surface area contributed by atoms with E-state index < -0.39 is 17.4 Å². The van der Waals surface area contributed by atoms with E-state index in [0.717, 1.165) is 24.9 Å². The summed E-state index contributed by atoms with van der Waals surface area (Å²) < 4.78 is 33.7. The van der Waals surface area contributed by atoms with Gasteiger partial charge >= 0.3 is 5.76 Å². The van der Waals surface area contributed by atoms with Crippen molar-refractivity contribution in [1.82, 2.24) is 14.8 Å². The molecule has 1 amide bonds. The van der Waals surface area contributed by atoms with Crippen LogP contribution in [0.4, 0.5) is 8.78 Å². The summed E-state index contributed by atoms with van der Waals surface area (Å²) in [6.07, 6.45) is 3.17. The fourth-order valence-corrected chi connectivity index (χ4v) is 4.91. The number of carbonyl (C=O) groups excluding carboxylic acids is 1. The van der Waals surface area contributed by atoms with Crippen molar-refractivity contribution in [3.63, 3.8) is 0 Å². The molecule has 1 aliphatic heterocycles. The number of aromatic amines is 1. The van der Waals surface area contributed by atoms with Crippen LogP contribution in [0.15, 0.2) is 69.9 Å². The lowest BCUT2D eigenvalue weighted by Gasteiger charge is -2.30. The van der Waals surface area contributed by atoms with Gasteiger partial charge in [0.1, 0.15) is 11.6 Å². The lowest BCUT2D eigenvalue weighted by molar-refractivity contribution is 0.0695. The van der Waals surface area contributed by atoms with E-state index in [9.17, 15) is 14.0 Å². The summed E-state index contributed by atoms with van der Waals surface area (Å²) in [6, 6.07) is 15.3. The van der Waals surface area contributed by atoms with E-state index in [2.05, 4.69) is 9.88 Å². The molecule has 9 heteroatoms. The monoisotopic (exact) mass is 504 g/mol. The normalized spacial score (nSPS) is 15.8. The summed E-state index contributed by atoms with van der Waals surface area (Å²) >= 11 is 0. The highest BCUT2D eigenvalue weighted by Crippen LogP contribution is 2.27. The molecule has 37 heavy (non-hydrogen) atoms. The number of aromatic nitrogens is 1. The molecule has 1 fully saturated rings. The van der Waals surface area contributed by atoms with E-state index in [0.29, 0.717) is 40.9 Å². The molecule has 1 atom stereocenters. The highest BCUT2D eigenvalue weighted by molar-refractivity contribution is 5.94. The minimum absolute atomic E-state index is 0.0201. The van der Waals surface area contributed by atoms with Gasteiger partial charge < -0.3 is 14.7 Å². The van der Waals surface area contributed by atoms with Crippen LogP contribution in [0, 0.1) is 17.0 Å². The number of halogens is 2. The van der Waals surface area contributed by atoms with E-state index in [1.807, 2.05) is 0 Å². The number of hydrogen-bond acceptors (Lipinski definition) is 5. The Balaban J connectivity index is 1.46. The van der Waals surface area contributed by atoms with Gasteiger partial charge in [-0.05, 0) is 79.0 Å². The molecule has 2 N–H and O–H groups in total. The van der Waals surface area contributed by atoms with Gasteiger partial charge in [0.15, 0.2) is 5.58 Å². The molecule has 0 saturated carbocycles. The van der Waals surface area contributed by atoms with Gasteiger partial charge in [-0.1, -0.05) is 12.1 Å². The third-order valence-corrected chi connectivity index (χ3v) is 6.80. The van der Waals surface area contributed by atoms with Crippen LogP contribution in [0.1, 0.15) is 28.8 Å². The zero-order valence-electron chi connectivity index (χ0n) is 20.0. The van der Waals surface area contributed by atoms with Crippen molar-refractivity contribution in [2.24, 2.45) is 0 Å². The molecule has 1 saturated heterocycles. The molecule has 5 rings (SSSR count). The largest absolute Gasteiger partial charge is 0.417 e. The Kier molecular flexibility index (Phi) is 6.96. The van der Waals surface area contributed by atoms with Crippen molar-refractivity contribution in [3.8, 4) is 11.1 Å².